The number of nitrogens with one attached hydrogen (secondary N) is 1. The fraction of sp³-hybridized carbons (Fsp3) is 0.619. The van der Waals surface area contributed by atoms with Gasteiger partial charge in [-0.05, 0) is 49.8 Å². The van der Waals surface area contributed by atoms with Crippen LogP contribution in [0, 0.1) is 17.7 Å². The Hall–Kier alpha value is -2.00. The third kappa shape index (κ3) is 5.57. The van der Waals surface area contributed by atoms with Gasteiger partial charge in [-0.15, -0.1) is 0 Å². The SMILES string of the molecule is CS(=O)(=O)c1ccc(NC(=O)CC2CCN(C(=O)[C@H]3CCCC[C@@H]3N)CC2)c(F)c1. The first-order chi connectivity index (χ1) is 14.1. The lowest BCUT2D eigenvalue weighted by atomic mass is 9.83. The molecule has 0 bridgehead atoms. The maximum atomic E-state index is 14.1. The third-order valence-electron chi connectivity index (χ3n) is 6.18. The van der Waals surface area contributed by atoms with Gasteiger partial charge in [0.05, 0.1) is 16.5 Å². The molecule has 1 saturated heterocycles. The van der Waals surface area contributed by atoms with Gasteiger partial charge in [-0.3, -0.25) is 9.59 Å². The number of amides is 2. The number of piperidine rings is 1. The van der Waals surface area contributed by atoms with Crippen LogP contribution < -0.4 is 11.1 Å². The van der Waals surface area contributed by atoms with E-state index in [4.69, 9.17) is 5.73 Å². The summed E-state index contributed by atoms with van der Waals surface area (Å²) in [6.45, 7) is 1.22. The summed E-state index contributed by atoms with van der Waals surface area (Å²) in [4.78, 5) is 26.8. The number of carbonyl (C=O) groups excluding carboxylic acids is 2. The maximum absolute atomic E-state index is 14.1. The molecule has 0 spiro atoms. The molecule has 9 heteroatoms. The van der Waals surface area contributed by atoms with E-state index >= 15 is 0 Å². The minimum atomic E-state index is -3.51. The van der Waals surface area contributed by atoms with Crippen LogP contribution >= 0.6 is 0 Å². The summed E-state index contributed by atoms with van der Waals surface area (Å²) in [5, 5.41) is 2.52. The first-order valence-electron chi connectivity index (χ1n) is 10.5. The number of benzene rings is 1. The minimum absolute atomic E-state index is 0.0358. The van der Waals surface area contributed by atoms with E-state index in [1.165, 1.54) is 12.1 Å². The summed E-state index contributed by atoms with van der Waals surface area (Å²) in [7, 11) is -3.51. The van der Waals surface area contributed by atoms with Crippen LogP contribution in [0.25, 0.3) is 0 Å². The molecule has 1 aliphatic carbocycles. The van der Waals surface area contributed by atoms with Crippen LogP contribution in [-0.2, 0) is 19.4 Å². The number of sulfone groups is 1. The zero-order valence-electron chi connectivity index (χ0n) is 17.3. The summed E-state index contributed by atoms with van der Waals surface area (Å²) in [6.07, 6.45) is 6.55. The van der Waals surface area contributed by atoms with Crippen LogP contribution in [0.3, 0.4) is 0 Å². The van der Waals surface area contributed by atoms with Crippen molar-refractivity contribution < 1.29 is 22.4 Å². The minimum Gasteiger partial charge on any atom is -0.342 e. The molecule has 7 nitrogen and oxygen atoms in total. The Bertz CT molecular complexity index is 898. The molecule has 3 rings (SSSR count). The summed E-state index contributed by atoms with van der Waals surface area (Å²) in [6, 6.07) is 3.39. The van der Waals surface area contributed by atoms with Crippen LogP contribution in [0.5, 0.6) is 0 Å². The molecule has 1 aromatic carbocycles. The number of anilines is 1. The second-order valence-electron chi connectivity index (χ2n) is 8.49. The Kier molecular flexibility index (Phi) is 7.13. The van der Waals surface area contributed by atoms with Crippen LogP contribution in [0.15, 0.2) is 23.1 Å². The molecule has 2 aliphatic rings. The van der Waals surface area contributed by atoms with E-state index in [9.17, 15) is 22.4 Å². The van der Waals surface area contributed by atoms with Gasteiger partial charge >= 0.3 is 0 Å². The average molecular weight is 440 g/mol. The lowest BCUT2D eigenvalue weighted by Crippen LogP contribution is -2.48. The molecule has 2 amide bonds. The molecule has 3 N–H and O–H groups in total. The van der Waals surface area contributed by atoms with Gasteiger partial charge in [-0.25, -0.2) is 12.8 Å². The first-order valence-corrected chi connectivity index (χ1v) is 12.4. The van der Waals surface area contributed by atoms with Crippen molar-refractivity contribution in [3.63, 3.8) is 0 Å². The number of hydrogen-bond acceptors (Lipinski definition) is 5. The number of hydrogen-bond donors (Lipinski definition) is 2. The fourth-order valence-electron chi connectivity index (χ4n) is 4.35. The molecular weight excluding hydrogens is 409 g/mol. The number of nitrogens with zero attached hydrogens (tertiary/aromatic N) is 1. The average Bonchev–Trinajstić information content (AvgIpc) is 2.69. The first kappa shape index (κ1) is 22.7. The highest BCUT2D eigenvalue weighted by Crippen LogP contribution is 2.28. The van der Waals surface area contributed by atoms with E-state index < -0.39 is 15.7 Å². The molecule has 30 heavy (non-hydrogen) atoms. The van der Waals surface area contributed by atoms with Crippen molar-refractivity contribution in [2.24, 2.45) is 17.6 Å². The van der Waals surface area contributed by atoms with E-state index in [0.717, 1.165) is 50.8 Å². The zero-order chi connectivity index (χ0) is 21.9. The van der Waals surface area contributed by atoms with Crippen molar-refractivity contribution in [1.29, 1.82) is 0 Å². The van der Waals surface area contributed by atoms with E-state index in [2.05, 4.69) is 5.32 Å². The predicted octanol–water partition coefficient (Wildman–Crippen LogP) is 2.31. The van der Waals surface area contributed by atoms with E-state index in [1.807, 2.05) is 4.90 Å². The summed E-state index contributed by atoms with van der Waals surface area (Å²) in [5.74, 6) is -0.933. The van der Waals surface area contributed by atoms with E-state index in [1.54, 1.807) is 0 Å². The molecule has 1 aromatic rings. The number of likely N-dealkylation sites (tertiary alicyclic amines) is 1. The van der Waals surface area contributed by atoms with Crippen molar-refractivity contribution in [3.05, 3.63) is 24.0 Å². The zero-order valence-corrected chi connectivity index (χ0v) is 18.1. The molecule has 1 saturated carbocycles. The molecule has 2 atom stereocenters. The molecular formula is C21H30FN3O4S. The Morgan fingerprint density at radius 2 is 1.83 bits per heavy atom. The van der Waals surface area contributed by atoms with Crippen molar-refractivity contribution in [3.8, 4) is 0 Å². The monoisotopic (exact) mass is 439 g/mol. The topological polar surface area (TPSA) is 110 Å². The Morgan fingerprint density at radius 3 is 2.43 bits per heavy atom. The number of halogens is 1. The van der Waals surface area contributed by atoms with Crippen LogP contribution in [-0.4, -0.2) is 50.5 Å². The second kappa shape index (κ2) is 9.43. The van der Waals surface area contributed by atoms with E-state index in [0.29, 0.717) is 13.1 Å². The van der Waals surface area contributed by atoms with Gasteiger partial charge in [0.15, 0.2) is 9.84 Å². The van der Waals surface area contributed by atoms with Crippen molar-refractivity contribution in [2.75, 3.05) is 24.7 Å². The van der Waals surface area contributed by atoms with E-state index in [-0.39, 0.29) is 46.7 Å². The Morgan fingerprint density at radius 1 is 1.17 bits per heavy atom. The Balaban J connectivity index is 1.49. The lowest BCUT2D eigenvalue weighted by Gasteiger charge is -2.37. The third-order valence-corrected chi connectivity index (χ3v) is 7.29. The Labute approximate surface area is 177 Å². The second-order valence-corrected chi connectivity index (χ2v) is 10.5. The molecule has 1 heterocycles. The molecule has 166 valence electrons. The van der Waals surface area contributed by atoms with Gasteiger partial charge in [-0.1, -0.05) is 12.8 Å². The standard InChI is InChI=1S/C21H30FN3O4S/c1-30(28,29)15-6-7-19(17(22)13-15)24-20(26)12-14-8-10-25(11-9-14)21(27)16-4-2-3-5-18(16)23/h6-7,13-14,16,18H,2-5,8-12,23H2,1H3,(H,24,26)/t16-,18-/m0/s1. The van der Waals surface area contributed by atoms with Gasteiger partial charge in [0, 0.05) is 31.8 Å². The van der Waals surface area contributed by atoms with Gasteiger partial charge in [0.2, 0.25) is 11.8 Å². The van der Waals surface area contributed by atoms with Crippen molar-refractivity contribution >= 4 is 27.3 Å². The number of nitrogens with two attached hydrogens (primary N) is 1. The highest BCUT2D eigenvalue weighted by atomic mass is 32.2. The van der Waals surface area contributed by atoms with Gasteiger partial charge in [-0.2, -0.15) is 0 Å². The van der Waals surface area contributed by atoms with Gasteiger partial charge in [0.1, 0.15) is 5.82 Å². The van der Waals surface area contributed by atoms with Crippen LogP contribution in [0.2, 0.25) is 0 Å². The summed E-state index contributed by atoms with van der Waals surface area (Å²) >= 11 is 0. The molecule has 0 radical (unpaired) electrons. The fourth-order valence-corrected chi connectivity index (χ4v) is 4.98. The summed E-state index contributed by atoms with van der Waals surface area (Å²) in [5.41, 5.74) is 6.10. The quantitative estimate of drug-likeness (QED) is 0.732. The smallest absolute Gasteiger partial charge is 0.227 e. The van der Waals surface area contributed by atoms with Gasteiger partial charge < -0.3 is 16.0 Å². The van der Waals surface area contributed by atoms with Crippen molar-refractivity contribution in [1.82, 2.24) is 4.90 Å². The van der Waals surface area contributed by atoms with Crippen LogP contribution in [0.1, 0.15) is 44.9 Å². The van der Waals surface area contributed by atoms with Crippen molar-refractivity contribution in [2.45, 2.75) is 55.9 Å². The molecule has 0 aromatic heterocycles. The molecule has 1 aliphatic heterocycles. The lowest BCUT2D eigenvalue weighted by molar-refractivity contribution is -0.138. The molecule has 2 fully saturated rings. The largest absolute Gasteiger partial charge is 0.342 e. The normalized spacial score (nSPS) is 23.2. The van der Waals surface area contributed by atoms with Gasteiger partial charge in [0.25, 0.3) is 0 Å². The molecule has 0 unspecified atom stereocenters. The number of carbonyl (C=O) groups is 2. The highest BCUT2D eigenvalue weighted by Gasteiger charge is 2.33. The summed E-state index contributed by atoms with van der Waals surface area (Å²) < 4.78 is 37.1. The highest BCUT2D eigenvalue weighted by molar-refractivity contribution is 7.90. The predicted molar refractivity (Wildman–Crippen MR) is 112 cm³/mol. The number of rotatable bonds is 5. The maximum Gasteiger partial charge on any atom is 0.227 e. The van der Waals surface area contributed by atoms with Crippen LogP contribution in [0.4, 0.5) is 10.1 Å².